The molecular formula is C14H20BrClN2O. The third-order valence-electron chi connectivity index (χ3n) is 2.79. The molecule has 19 heavy (non-hydrogen) atoms. The van der Waals surface area contributed by atoms with Crippen LogP contribution in [0, 0.1) is 0 Å². The van der Waals surface area contributed by atoms with Crippen LogP contribution in [0.2, 0.25) is 5.02 Å². The number of hydrogen-bond acceptors (Lipinski definition) is 2. The summed E-state index contributed by atoms with van der Waals surface area (Å²) < 4.78 is 0.991. The van der Waals surface area contributed by atoms with Crippen molar-refractivity contribution in [2.75, 3.05) is 13.1 Å². The quantitative estimate of drug-likeness (QED) is 0.795. The highest BCUT2D eigenvalue weighted by molar-refractivity contribution is 9.10. The molecule has 0 aromatic heterocycles. The average molecular weight is 348 g/mol. The van der Waals surface area contributed by atoms with Crippen LogP contribution in [0.25, 0.3) is 0 Å². The summed E-state index contributed by atoms with van der Waals surface area (Å²) in [6.45, 7) is 5.67. The number of benzene rings is 1. The van der Waals surface area contributed by atoms with E-state index in [0.29, 0.717) is 30.5 Å². The normalized spacial score (nSPS) is 12.2. The van der Waals surface area contributed by atoms with Gasteiger partial charge in [0, 0.05) is 28.5 Å². The first kappa shape index (κ1) is 16.5. The first-order valence-corrected chi connectivity index (χ1v) is 7.64. The molecule has 3 nitrogen and oxygen atoms in total. The van der Waals surface area contributed by atoms with Gasteiger partial charge in [-0.15, -0.1) is 0 Å². The third-order valence-corrected chi connectivity index (χ3v) is 3.80. The van der Waals surface area contributed by atoms with Gasteiger partial charge in [-0.3, -0.25) is 4.79 Å². The minimum absolute atomic E-state index is 0.0663. The summed E-state index contributed by atoms with van der Waals surface area (Å²) in [6.07, 6.45) is 1.15. The van der Waals surface area contributed by atoms with Gasteiger partial charge in [0.25, 0.3) is 0 Å². The Hall–Kier alpha value is -0.580. The van der Waals surface area contributed by atoms with E-state index in [-0.39, 0.29) is 5.91 Å². The zero-order valence-corrected chi connectivity index (χ0v) is 13.6. The summed E-state index contributed by atoms with van der Waals surface area (Å²) in [5, 5.41) is 6.87. The van der Waals surface area contributed by atoms with Crippen molar-refractivity contribution in [1.82, 2.24) is 10.6 Å². The lowest BCUT2D eigenvalue weighted by Gasteiger charge is -2.13. The number of aryl methyl sites for hydroxylation is 1. The van der Waals surface area contributed by atoms with Crippen molar-refractivity contribution in [3.8, 4) is 0 Å². The van der Waals surface area contributed by atoms with Gasteiger partial charge in [0.05, 0.1) is 0 Å². The summed E-state index contributed by atoms with van der Waals surface area (Å²) in [6, 6.07) is 5.92. The number of halogens is 2. The molecule has 1 rings (SSSR count). The zero-order valence-electron chi connectivity index (χ0n) is 11.3. The van der Waals surface area contributed by atoms with E-state index in [1.54, 1.807) is 0 Å². The largest absolute Gasteiger partial charge is 0.355 e. The standard InChI is InChI=1S/C14H20BrClN2O/c1-3-17-10(2)9-18-14(19)7-4-11-8-12(16)5-6-13(11)15/h5-6,8,10,17H,3-4,7,9H2,1-2H3,(H,18,19)/t10-/m1/s1. The van der Waals surface area contributed by atoms with Crippen LogP contribution in [0.4, 0.5) is 0 Å². The van der Waals surface area contributed by atoms with Crippen molar-refractivity contribution in [3.05, 3.63) is 33.3 Å². The molecule has 1 aromatic rings. The van der Waals surface area contributed by atoms with Gasteiger partial charge in [-0.25, -0.2) is 0 Å². The van der Waals surface area contributed by atoms with Gasteiger partial charge in [0.2, 0.25) is 5.91 Å². The lowest BCUT2D eigenvalue weighted by atomic mass is 10.1. The van der Waals surface area contributed by atoms with E-state index in [1.807, 2.05) is 18.2 Å². The molecule has 2 N–H and O–H groups in total. The number of hydrogen-bond donors (Lipinski definition) is 2. The van der Waals surface area contributed by atoms with Crippen LogP contribution in [-0.2, 0) is 11.2 Å². The van der Waals surface area contributed by atoms with Crippen LogP contribution >= 0.6 is 27.5 Å². The lowest BCUT2D eigenvalue weighted by molar-refractivity contribution is -0.121. The number of likely N-dealkylation sites (N-methyl/N-ethyl adjacent to an activating group) is 1. The maximum Gasteiger partial charge on any atom is 0.220 e. The number of carbonyl (C=O) groups excluding carboxylic acids is 1. The number of rotatable bonds is 7. The highest BCUT2D eigenvalue weighted by Gasteiger charge is 2.07. The van der Waals surface area contributed by atoms with E-state index in [9.17, 15) is 4.79 Å². The molecule has 1 aromatic carbocycles. The van der Waals surface area contributed by atoms with Crippen LogP contribution in [0.1, 0.15) is 25.8 Å². The second kappa shape index (κ2) is 8.56. The molecule has 0 radical (unpaired) electrons. The van der Waals surface area contributed by atoms with Crippen molar-refractivity contribution >= 4 is 33.4 Å². The van der Waals surface area contributed by atoms with Gasteiger partial charge in [-0.05, 0) is 43.7 Å². The van der Waals surface area contributed by atoms with Crippen molar-refractivity contribution in [3.63, 3.8) is 0 Å². The Morgan fingerprint density at radius 2 is 2.21 bits per heavy atom. The average Bonchev–Trinajstić information content (AvgIpc) is 2.38. The van der Waals surface area contributed by atoms with Gasteiger partial charge in [0.15, 0.2) is 0 Å². The minimum Gasteiger partial charge on any atom is -0.355 e. The fourth-order valence-corrected chi connectivity index (χ4v) is 2.40. The van der Waals surface area contributed by atoms with Crippen LogP contribution in [-0.4, -0.2) is 25.0 Å². The zero-order chi connectivity index (χ0) is 14.3. The Labute approximate surface area is 128 Å². The first-order valence-electron chi connectivity index (χ1n) is 6.47. The lowest BCUT2D eigenvalue weighted by Crippen LogP contribution is -2.38. The fraction of sp³-hybridized carbons (Fsp3) is 0.500. The molecule has 5 heteroatoms. The Morgan fingerprint density at radius 1 is 1.47 bits per heavy atom. The van der Waals surface area contributed by atoms with Crippen LogP contribution in [0.15, 0.2) is 22.7 Å². The van der Waals surface area contributed by atoms with Crippen LogP contribution in [0.5, 0.6) is 0 Å². The molecule has 0 spiro atoms. The molecule has 0 fully saturated rings. The molecule has 0 aliphatic carbocycles. The summed E-state index contributed by atoms with van der Waals surface area (Å²) in [5.41, 5.74) is 1.06. The summed E-state index contributed by atoms with van der Waals surface area (Å²) in [7, 11) is 0. The minimum atomic E-state index is 0.0663. The van der Waals surface area contributed by atoms with Crippen LogP contribution < -0.4 is 10.6 Å². The molecule has 0 bridgehead atoms. The third kappa shape index (κ3) is 6.41. The molecule has 106 valence electrons. The van der Waals surface area contributed by atoms with E-state index >= 15 is 0 Å². The Balaban J connectivity index is 2.35. The number of carbonyl (C=O) groups is 1. The molecule has 0 unspecified atom stereocenters. The van der Waals surface area contributed by atoms with Gasteiger partial charge in [0.1, 0.15) is 0 Å². The maximum atomic E-state index is 11.7. The topological polar surface area (TPSA) is 41.1 Å². The summed E-state index contributed by atoms with van der Waals surface area (Å²) >= 11 is 9.40. The van der Waals surface area contributed by atoms with E-state index in [0.717, 1.165) is 16.6 Å². The SMILES string of the molecule is CCN[C@H](C)CNC(=O)CCc1cc(Cl)ccc1Br. The van der Waals surface area contributed by atoms with Crippen molar-refractivity contribution in [2.24, 2.45) is 0 Å². The summed E-state index contributed by atoms with van der Waals surface area (Å²) in [5.74, 6) is 0.0663. The Bertz CT molecular complexity index is 426. The number of amides is 1. The first-order chi connectivity index (χ1) is 9.02. The van der Waals surface area contributed by atoms with Gasteiger partial charge < -0.3 is 10.6 Å². The molecule has 0 saturated heterocycles. The molecular weight excluding hydrogens is 328 g/mol. The van der Waals surface area contributed by atoms with Crippen LogP contribution in [0.3, 0.4) is 0 Å². The highest BCUT2D eigenvalue weighted by Crippen LogP contribution is 2.22. The number of nitrogens with one attached hydrogen (secondary N) is 2. The predicted molar refractivity (Wildman–Crippen MR) is 83.6 cm³/mol. The molecule has 0 saturated carbocycles. The van der Waals surface area contributed by atoms with Crippen molar-refractivity contribution in [1.29, 1.82) is 0 Å². The summed E-state index contributed by atoms with van der Waals surface area (Å²) in [4.78, 5) is 11.7. The van der Waals surface area contributed by atoms with Gasteiger partial charge >= 0.3 is 0 Å². The molecule has 0 heterocycles. The second-order valence-corrected chi connectivity index (χ2v) is 5.79. The van der Waals surface area contributed by atoms with Gasteiger partial charge in [-0.1, -0.05) is 34.5 Å². The monoisotopic (exact) mass is 346 g/mol. The highest BCUT2D eigenvalue weighted by atomic mass is 79.9. The van der Waals surface area contributed by atoms with Gasteiger partial charge in [-0.2, -0.15) is 0 Å². The molecule has 0 aliphatic heterocycles. The molecule has 0 aliphatic rings. The van der Waals surface area contributed by atoms with E-state index in [4.69, 9.17) is 11.6 Å². The molecule has 1 atom stereocenters. The molecule has 1 amide bonds. The van der Waals surface area contributed by atoms with E-state index in [1.165, 1.54) is 0 Å². The Kier molecular flexibility index (Phi) is 7.42. The smallest absolute Gasteiger partial charge is 0.220 e. The van der Waals surface area contributed by atoms with E-state index in [2.05, 4.69) is 40.4 Å². The van der Waals surface area contributed by atoms with E-state index < -0.39 is 0 Å². The maximum absolute atomic E-state index is 11.7. The van der Waals surface area contributed by atoms with Crippen molar-refractivity contribution in [2.45, 2.75) is 32.7 Å². The predicted octanol–water partition coefficient (Wildman–Crippen LogP) is 3.15. The van der Waals surface area contributed by atoms with Crippen molar-refractivity contribution < 1.29 is 4.79 Å². The second-order valence-electron chi connectivity index (χ2n) is 4.50. The fourth-order valence-electron chi connectivity index (χ4n) is 1.76. The Morgan fingerprint density at radius 3 is 2.89 bits per heavy atom.